The molecule has 4 N–H and O–H groups in total. The smallest absolute Gasteiger partial charge is 0.246 e. The van der Waals surface area contributed by atoms with Crippen LogP contribution in [0.3, 0.4) is 0 Å². The van der Waals surface area contributed by atoms with Gasteiger partial charge in [-0.25, -0.2) is 8.42 Å². The van der Waals surface area contributed by atoms with Gasteiger partial charge in [-0.15, -0.1) is 0 Å². The summed E-state index contributed by atoms with van der Waals surface area (Å²) in [6, 6.07) is -0.705. The summed E-state index contributed by atoms with van der Waals surface area (Å²) >= 11 is 0. The summed E-state index contributed by atoms with van der Waals surface area (Å²) in [7, 11) is -3.82. The number of rotatable bonds is 5. The number of oxime groups is 1. The number of nitrogens with zero attached hydrogens (tertiary/aromatic N) is 2. The van der Waals surface area contributed by atoms with Gasteiger partial charge < -0.3 is 15.5 Å². The van der Waals surface area contributed by atoms with Gasteiger partial charge in [0, 0.05) is 0 Å². The third kappa shape index (κ3) is 2.71. The van der Waals surface area contributed by atoms with Crippen LogP contribution in [0, 0.1) is 19.8 Å². The maximum atomic E-state index is 12.3. The molecule has 19 heavy (non-hydrogen) atoms. The number of nitrogens with one attached hydrogen (secondary N) is 1. The molecular formula is C10H16N4O4S. The molecule has 1 saturated carbocycles. The highest BCUT2D eigenvalue weighted by Gasteiger charge is 2.38. The lowest BCUT2D eigenvalue weighted by molar-refractivity contribution is 0.314. The van der Waals surface area contributed by atoms with Gasteiger partial charge in [-0.2, -0.15) is 4.72 Å². The van der Waals surface area contributed by atoms with Crippen LogP contribution in [0.15, 0.2) is 14.6 Å². The van der Waals surface area contributed by atoms with E-state index >= 15 is 0 Å². The van der Waals surface area contributed by atoms with E-state index in [1.54, 1.807) is 6.92 Å². The highest BCUT2D eigenvalue weighted by Crippen LogP contribution is 2.33. The molecule has 1 atom stereocenters. The van der Waals surface area contributed by atoms with Gasteiger partial charge in [0.15, 0.2) is 11.6 Å². The van der Waals surface area contributed by atoms with Gasteiger partial charge >= 0.3 is 0 Å². The van der Waals surface area contributed by atoms with Crippen molar-refractivity contribution in [3.8, 4) is 0 Å². The monoisotopic (exact) mass is 288 g/mol. The summed E-state index contributed by atoms with van der Waals surface area (Å²) in [5.41, 5.74) is 5.81. The van der Waals surface area contributed by atoms with Gasteiger partial charge in [0.2, 0.25) is 10.0 Å². The van der Waals surface area contributed by atoms with Crippen molar-refractivity contribution in [1.82, 2.24) is 9.88 Å². The number of aromatic nitrogens is 1. The van der Waals surface area contributed by atoms with Gasteiger partial charge in [-0.3, -0.25) is 0 Å². The zero-order valence-electron chi connectivity index (χ0n) is 10.6. The molecule has 106 valence electrons. The lowest BCUT2D eigenvalue weighted by Gasteiger charge is -2.16. The van der Waals surface area contributed by atoms with E-state index in [0.29, 0.717) is 0 Å². The van der Waals surface area contributed by atoms with Crippen molar-refractivity contribution in [3.63, 3.8) is 0 Å². The first-order valence-electron chi connectivity index (χ1n) is 5.79. The molecule has 2 rings (SSSR count). The predicted molar refractivity (Wildman–Crippen MR) is 66.2 cm³/mol. The molecule has 1 aromatic heterocycles. The van der Waals surface area contributed by atoms with Crippen LogP contribution in [0.25, 0.3) is 0 Å². The Balaban J connectivity index is 2.30. The molecule has 0 radical (unpaired) electrons. The second kappa shape index (κ2) is 4.82. The van der Waals surface area contributed by atoms with E-state index in [2.05, 4.69) is 15.0 Å². The first-order valence-corrected chi connectivity index (χ1v) is 7.27. The molecule has 0 aliphatic heterocycles. The van der Waals surface area contributed by atoms with Gasteiger partial charge in [0.1, 0.15) is 10.6 Å². The summed E-state index contributed by atoms with van der Waals surface area (Å²) < 4.78 is 31.9. The van der Waals surface area contributed by atoms with Crippen LogP contribution < -0.4 is 10.5 Å². The van der Waals surface area contributed by atoms with Crippen LogP contribution >= 0.6 is 0 Å². The zero-order valence-corrected chi connectivity index (χ0v) is 11.4. The maximum absolute atomic E-state index is 12.3. The third-order valence-corrected chi connectivity index (χ3v) is 4.73. The molecule has 1 aliphatic carbocycles. The molecule has 0 amide bonds. The minimum Gasteiger partial charge on any atom is -0.409 e. The van der Waals surface area contributed by atoms with E-state index in [-0.39, 0.29) is 28.1 Å². The molecule has 0 spiro atoms. The van der Waals surface area contributed by atoms with Gasteiger partial charge in [0.25, 0.3) is 0 Å². The molecule has 1 unspecified atom stereocenters. The Morgan fingerprint density at radius 2 is 2.21 bits per heavy atom. The Labute approximate surface area is 110 Å². The van der Waals surface area contributed by atoms with Crippen molar-refractivity contribution in [2.75, 3.05) is 0 Å². The van der Waals surface area contributed by atoms with Crippen molar-refractivity contribution < 1.29 is 18.1 Å². The van der Waals surface area contributed by atoms with Gasteiger partial charge in [-0.1, -0.05) is 10.3 Å². The topological polar surface area (TPSA) is 131 Å². The van der Waals surface area contributed by atoms with Crippen molar-refractivity contribution in [3.05, 3.63) is 11.5 Å². The number of sulfonamides is 1. The van der Waals surface area contributed by atoms with Crippen LogP contribution in [0.4, 0.5) is 0 Å². The van der Waals surface area contributed by atoms with E-state index in [1.807, 2.05) is 0 Å². The van der Waals surface area contributed by atoms with Crippen molar-refractivity contribution in [2.24, 2.45) is 16.8 Å². The number of aryl methyl sites for hydroxylation is 2. The number of amidine groups is 1. The number of nitrogens with two attached hydrogens (primary N) is 1. The van der Waals surface area contributed by atoms with E-state index in [9.17, 15) is 8.42 Å². The Morgan fingerprint density at radius 1 is 1.58 bits per heavy atom. The van der Waals surface area contributed by atoms with E-state index in [1.165, 1.54) is 6.92 Å². The van der Waals surface area contributed by atoms with Crippen LogP contribution in [0.5, 0.6) is 0 Å². The summed E-state index contributed by atoms with van der Waals surface area (Å²) in [5, 5.41) is 15.2. The first kappa shape index (κ1) is 13.8. The minimum absolute atomic E-state index is 0.00360. The van der Waals surface area contributed by atoms with Crippen molar-refractivity contribution in [2.45, 2.75) is 37.6 Å². The molecule has 1 heterocycles. The molecule has 1 aliphatic rings. The summed E-state index contributed by atoms with van der Waals surface area (Å²) in [6.07, 6.45) is 1.68. The first-order chi connectivity index (χ1) is 8.86. The average molecular weight is 288 g/mol. The molecule has 9 heteroatoms. The van der Waals surface area contributed by atoms with E-state index in [0.717, 1.165) is 12.8 Å². The van der Waals surface area contributed by atoms with Crippen LogP contribution in [-0.2, 0) is 10.0 Å². The Hall–Kier alpha value is -1.61. The van der Waals surface area contributed by atoms with Crippen LogP contribution in [0.1, 0.15) is 24.3 Å². The lowest BCUT2D eigenvalue weighted by Crippen LogP contribution is -2.46. The fraction of sp³-hybridized carbons (Fsp3) is 0.600. The van der Waals surface area contributed by atoms with Crippen LogP contribution in [0.2, 0.25) is 0 Å². The highest BCUT2D eigenvalue weighted by atomic mass is 32.2. The molecular weight excluding hydrogens is 272 g/mol. The molecule has 0 bridgehead atoms. The van der Waals surface area contributed by atoms with Gasteiger partial charge in [0.05, 0.1) is 6.04 Å². The molecule has 1 aromatic rings. The fourth-order valence-corrected chi connectivity index (χ4v) is 3.58. The second-order valence-electron chi connectivity index (χ2n) is 4.61. The SMILES string of the molecule is Cc1noc(C)c1S(=O)(=O)NC(C(N)=NO)C1CC1. The number of hydrogen-bond donors (Lipinski definition) is 3. The maximum Gasteiger partial charge on any atom is 0.246 e. The quantitative estimate of drug-likeness (QED) is 0.305. The summed E-state index contributed by atoms with van der Waals surface area (Å²) in [6.45, 7) is 3.06. The largest absolute Gasteiger partial charge is 0.409 e. The fourth-order valence-electron chi connectivity index (χ4n) is 1.97. The Morgan fingerprint density at radius 3 is 2.63 bits per heavy atom. The molecule has 8 nitrogen and oxygen atoms in total. The standard InChI is InChI=1S/C10H16N4O4S/c1-5-9(6(2)18-13-5)19(16,17)14-8(7-3-4-7)10(11)12-15/h7-8,14-15H,3-4H2,1-2H3,(H2,11,12). The molecule has 0 aromatic carbocycles. The normalized spacial score (nSPS) is 18.5. The third-order valence-electron chi connectivity index (χ3n) is 3.05. The second-order valence-corrected chi connectivity index (χ2v) is 6.27. The van der Waals surface area contributed by atoms with E-state index in [4.69, 9.17) is 15.5 Å². The Kier molecular flexibility index (Phi) is 3.50. The predicted octanol–water partition coefficient (Wildman–Crippen LogP) is 0.0947. The summed E-state index contributed by atoms with van der Waals surface area (Å²) in [4.78, 5) is 0.00360. The Bertz CT molecular complexity index is 584. The van der Waals surface area contributed by atoms with Crippen LogP contribution in [-0.4, -0.2) is 30.7 Å². The van der Waals surface area contributed by atoms with E-state index < -0.39 is 16.1 Å². The molecule has 1 fully saturated rings. The summed E-state index contributed by atoms with van der Waals surface area (Å²) in [5.74, 6) is 0.128. The van der Waals surface area contributed by atoms with Crippen molar-refractivity contribution in [1.29, 1.82) is 0 Å². The zero-order chi connectivity index (χ0) is 14.2. The van der Waals surface area contributed by atoms with Gasteiger partial charge in [-0.05, 0) is 32.6 Å². The highest BCUT2D eigenvalue weighted by molar-refractivity contribution is 7.89. The van der Waals surface area contributed by atoms with Crippen molar-refractivity contribution >= 4 is 15.9 Å². The number of hydrogen-bond acceptors (Lipinski definition) is 6. The lowest BCUT2D eigenvalue weighted by atomic mass is 10.2. The average Bonchev–Trinajstić information content (AvgIpc) is 3.11. The minimum atomic E-state index is -3.82. The molecule has 0 saturated heterocycles.